The van der Waals surface area contributed by atoms with Crippen molar-refractivity contribution in [3.05, 3.63) is 17.2 Å². The van der Waals surface area contributed by atoms with Gasteiger partial charge in [0.2, 0.25) is 0 Å². The zero-order chi connectivity index (χ0) is 14.3. The van der Waals surface area contributed by atoms with Gasteiger partial charge in [-0.1, -0.05) is 13.8 Å². The molecule has 3 heteroatoms. The molecule has 1 fully saturated rings. The lowest BCUT2D eigenvalue weighted by atomic mass is 9.77. The van der Waals surface area contributed by atoms with Crippen LogP contribution >= 0.6 is 0 Å². The Kier molecular flexibility index (Phi) is 3.89. The monoisotopic (exact) mass is 276 g/mol. The van der Waals surface area contributed by atoms with Crippen LogP contribution in [-0.2, 0) is 12.8 Å². The Labute approximate surface area is 122 Å². The average Bonchev–Trinajstić information content (AvgIpc) is 2.75. The molecule has 0 aromatic carbocycles. The molecular weight excluding hydrogens is 248 g/mol. The minimum absolute atomic E-state index is 0.191. The number of aliphatic hydroxyl groups excluding tert-OH is 1. The summed E-state index contributed by atoms with van der Waals surface area (Å²) < 4.78 is 2.40. The molecule has 1 aromatic heterocycles. The highest BCUT2D eigenvalue weighted by molar-refractivity contribution is 5.21. The lowest BCUT2D eigenvalue weighted by Crippen LogP contribution is -2.34. The van der Waals surface area contributed by atoms with Crippen molar-refractivity contribution in [2.24, 2.45) is 11.8 Å². The summed E-state index contributed by atoms with van der Waals surface area (Å²) in [5.74, 6) is 2.57. The molecule has 2 aliphatic rings. The van der Waals surface area contributed by atoms with Gasteiger partial charge in [-0.3, -0.25) is 0 Å². The zero-order valence-corrected chi connectivity index (χ0v) is 13.1. The Bertz CT molecular complexity index is 478. The summed E-state index contributed by atoms with van der Waals surface area (Å²) in [6.07, 6.45) is 7.85. The minimum atomic E-state index is -0.191. The second-order valence-corrected chi connectivity index (χ2v) is 7.08. The molecule has 1 aromatic rings. The molecule has 0 saturated heterocycles. The normalized spacial score (nSPS) is 30.6. The van der Waals surface area contributed by atoms with E-state index in [9.17, 15) is 5.11 Å². The van der Waals surface area contributed by atoms with Crippen LogP contribution in [0.3, 0.4) is 0 Å². The Hall–Kier alpha value is -0.830. The van der Waals surface area contributed by atoms with Gasteiger partial charge in [-0.15, -0.1) is 0 Å². The number of rotatable bonds is 2. The van der Waals surface area contributed by atoms with E-state index in [1.807, 2.05) is 0 Å². The number of imidazole rings is 1. The average molecular weight is 276 g/mol. The predicted molar refractivity (Wildman–Crippen MR) is 80.8 cm³/mol. The Balaban J connectivity index is 1.92. The maximum absolute atomic E-state index is 10.5. The molecule has 1 N–H and O–H groups in total. The van der Waals surface area contributed by atoms with E-state index in [0.717, 1.165) is 37.4 Å². The molecule has 20 heavy (non-hydrogen) atoms. The van der Waals surface area contributed by atoms with Gasteiger partial charge in [-0.05, 0) is 63.7 Å². The van der Waals surface area contributed by atoms with Crippen molar-refractivity contribution in [3.8, 4) is 0 Å². The van der Waals surface area contributed by atoms with E-state index in [-0.39, 0.29) is 12.1 Å². The maximum atomic E-state index is 10.5. The van der Waals surface area contributed by atoms with Crippen molar-refractivity contribution in [1.82, 2.24) is 9.55 Å². The molecule has 3 unspecified atom stereocenters. The van der Waals surface area contributed by atoms with Crippen molar-refractivity contribution >= 4 is 0 Å². The lowest BCUT2D eigenvalue weighted by molar-refractivity contribution is 0.0415. The fourth-order valence-electron chi connectivity index (χ4n) is 4.18. The third kappa shape index (κ3) is 2.41. The Morgan fingerprint density at radius 2 is 1.95 bits per heavy atom. The third-order valence-corrected chi connectivity index (χ3v) is 5.44. The maximum Gasteiger partial charge on any atom is 0.106 e. The summed E-state index contributed by atoms with van der Waals surface area (Å²) in [6, 6.07) is 0.255. The number of hydrogen-bond donors (Lipinski definition) is 1. The largest absolute Gasteiger partial charge is 0.391 e. The first-order valence-electron chi connectivity index (χ1n) is 8.32. The summed E-state index contributed by atoms with van der Waals surface area (Å²) >= 11 is 0. The van der Waals surface area contributed by atoms with E-state index in [1.165, 1.54) is 30.7 Å². The van der Waals surface area contributed by atoms with E-state index >= 15 is 0 Å². The van der Waals surface area contributed by atoms with Crippen molar-refractivity contribution in [1.29, 1.82) is 0 Å². The molecule has 0 radical (unpaired) electrons. The van der Waals surface area contributed by atoms with Gasteiger partial charge in [-0.2, -0.15) is 0 Å². The highest BCUT2D eigenvalue weighted by Crippen LogP contribution is 2.39. The molecule has 0 amide bonds. The smallest absolute Gasteiger partial charge is 0.106 e. The Morgan fingerprint density at radius 3 is 2.70 bits per heavy atom. The molecule has 112 valence electrons. The Morgan fingerprint density at radius 1 is 1.20 bits per heavy atom. The summed E-state index contributed by atoms with van der Waals surface area (Å²) in [5.41, 5.74) is 2.72. The number of fused-ring (bicyclic) bond motifs is 1. The SMILES string of the molecule is Cc1nc2c(n1C1CC(C(C)C)CCC1O)CCCC2. The van der Waals surface area contributed by atoms with Gasteiger partial charge >= 0.3 is 0 Å². The van der Waals surface area contributed by atoms with Crippen LogP contribution in [0.5, 0.6) is 0 Å². The van der Waals surface area contributed by atoms with Crippen LogP contribution in [0.15, 0.2) is 0 Å². The number of aryl methyl sites for hydroxylation is 2. The second kappa shape index (κ2) is 5.51. The van der Waals surface area contributed by atoms with E-state index in [0.29, 0.717) is 5.92 Å². The van der Waals surface area contributed by atoms with E-state index in [4.69, 9.17) is 4.98 Å². The number of aromatic nitrogens is 2. The minimum Gasteiger partial charge on any atom is -0.391 e. The fraction of sp³-hybridized carbons (Fsp3) is 0.824. The fourth-order valence-corrected chi connectivity index (χ4v) is 4.18. The first-order valence-corrected chi connectivity index (χ1v) is 8.32. The van der Waals surface area contributed by atoms with E-state index in [1.54, 1.807) is 0 Å². The van der Waals surface area contributed by atoms with Crippen LogP contribution in [0, 0.1) is 18.8 Å². The van der Waals surface area contributed by atoms with E-state index < -0.39 is 0 Å². The van der Waals surface area contributed by atoms with Gasteiger partial charge in [-0.25, -0.2) is 4.98 Å². The van der Waals surface area contributed by atoms with E-state index in [2.05, 4.69) is 25.3 Å². The van der Waals surface area contributed by atoms with Crippen LogP contribution in [0.4, 0.5) is 0 Å². The van der Waals surface area contributed by atoms with Gasteiger partial charge in [0.25, 0.3) is 0 Å². The quantitative estimate of drug-likeness (QED) is 0.898. The highest BCUT2D eigenvalue weighted by Gasteiger charge is 2.34. The number of hydrogen-bond acceptors (Lipinski definition) is 2. The number of aliphatic hydroxyl groups is 1. The summed E-state index contributed by atoms with van der Waals surface area (Å²) in [5, 5.41) is 10.5. The first-order chi connectivity index (χ1) is 9.58. The molecule has 0 aliphatic heterocycles. The summed E-state index contributed by atoms with van der Waals surface area (Å²) in [6.45, 7) is 6.75. The highest BCUT2D eigenvalue weighted by atomic mass is 16.3. The van der Waals surface area contributed by atoms with Crippen LogP contribution in [0.25, 0.3) is 0 Å². The van der Waals surface area contributed by atoms with Gasteiger partial charge in [0, 0.05) is 5.69 Å². The van der Waals surface area contributed by atoms with Crippen LogP contribution in [0.1, 0.15) is 69.2 Å². The first kappa shape index (κ1) is 14.1. The zero-order valence-electron chi connectivity index (χ0n) is 13.1. The second-order valence-electron chi connectivity index (χ2n) is 7.08. The summed E-state index contributed by atoms with van der Waals surface area (Å²) in [4.78, 5) is 4.78. The van der Waals surface area contributed by atoms with Crippen molar-refractivity contribution < 1.29 is 5.11 Å². The topological polar surface area (TPSA) is 38.0 Å². The van der Waals surface area contributed by atoms with Crippen LogP contribution in [-0.4, -0.2) is 20.8 Å². The standard InChI is InChI=1S/C17H28N2O/c1-11(2)13-8-9-17(20)16(10-13)19-12(3)18-14-6-4-5-7-15(14)19/h11,13,16-17,20H,4-10H2,1-3H3. The van der Waals surface area contributed by atoms with Crippen molar-refractivity contribution in [2.45, 2.75) is 77.9 Å². The molecular formula is C17H28N2O. The van der Waals surface area contributed by atoms with Gasteiger partial charge < -0.3 is 9.67 Å². The number of nitrogens with zero attached hydrogens (tertiary/aromatic N) is 2. The molecule has 3 nitrogen and oxygen atoms in total. The molecule has 2 aliphatic carbocycles. The van der Waals surface area contributed by atoms with Crippen LogP contribution < -0.4 is 0 Å². The van der Waals surface area contributed by atoms with Gasteiger partial charge in [0.05, 0.1) is 17.8 Å². The summed E-state index contributed by atoms with van der Waals surface area (Å²) in [7, 11) is 0. The molecule has 3 atom stereocenters. The third-order valence-electron chi connectivity index (χ3n) is 5.44. The molecule has 0 spiro atoms. The van der Waals surface area contributed by atoms with Crippen molar-refractivity contribution in [3.63, 3.8) is 0 Å². The lowest BCUT2D eigenvalue weighted by Gasteiger charge is -2.37. The van der Waals surface area contributed by atoms with Gasteiger partial charge in [0.15, 0.2) is 0 Å². The molecule has 1 saturated carbocycles. The molecule has 0 bridgehead atoms. The van der Waals surface area contributed by atoms with Gasteiger partial charge in [0.1, 0.15) is 5.82 Å². The predicted octanol–water partition coefficient (Wildman–Crippen LogP) is 3.43. The van der Waals surface area contributed by atoms with Crippen LogP contribution in [0.2, 0.25) is 0 Å². The molecule has 3 rings (SSSR count). The van der Waals surface area contributed by atoms with Crippen molar-refractivity contribution in [2.75, 3.05) is 0 Å². The molecule has 1 heterocycles.